The smallest absolute Gasteiger partial charge is 0.164 e. The van der Waals surface area contributed by atoms with Crippen molar-refractivity contribution in [3.05, 3.63) is 47.2 Å². The first kappa shape index (κ1) is 10.9. The van der Waals surface area contributed by atoms with Gasteiger partial charge in [0.15, 0.2) is 5.78 Å². The minimum absolute atomic E-state index is 0.0993. The van der Waals surface area contributed by atoms with E-state index in [9.17, 15) is 4.79 Å². The molecule has 1 aromatic heterocycles. The van der Waals surface area contributed by atoms with Crippen LogP contribution in [0.4, 0.5) is 0 Å². The zero-order chi connectivity index (χ0) is 11.5. The third kappa shape index (κ3) is 1.99. The molecule has 0 amide bonds. The summed E-state index contributed by atoms with van der Waals surface area (Å²) in [5, 5.41) is 4.65. The molecule has 82 valence electrons. The summed E-state index contributed by atoms with van der Waals surface area (Å²) in [6.45, 7) is 1.84. The van der Waals surface area contributed by atoms with Gasteiger partial charge in [0, 0.05) is 18.2 Å². The molecule has 0 spiro atoms. The number of hydrogen-bond acceptors (Lipinski definition) is 2. The molecule has 3 nitrogen and oxygen atoms in total. The second-order valence-corrected chi connectivity index (χ2v) is 3.83. The fourth-order valence-electron chi connectivity index (χ4n) is 1.53. The van der Waals surface area contributed by atoms with E-state index in [1.165, 1.54) is 0 Å². The highest BCUT2D eigenvalue weighted by Crippen LogP contribution is 2.17. The van der Waals surface area contributed by atoms with Crippen molar-refractivity contribution >= 4 is 17.4 Å². The van der Waals surface area contributed by atoms with E-state index in [2.05, 4.69) is 5.10 Å². The van der Waals surface area contributed by atoms with Crippen LogP contribution < -0.4 is 0 Å². The van der Waals surface area contributed by atoms with Crippen molar-refractivity contribution in [2.24, 2.45) is 0 Å². The van der Waals surface area contributed by atoms with Crippen LogP contribution in [0.3, 0.4) is 0 Å². The van der Waals surface area contributed by atoms with Crippen LogP contribution in [0.1, 0.15) is 23.7 Å². The number of ketones is 1. The number of Topliss-reactive ketones (excluding diaryl/α,β-unsaturated/α-hetero) is 1. The molecular formula is C12H11ClN2O. The maximum atomic E-state index is 11.7. The van der Waals surface area contributed by atoms with Crippen LogP contribution in [-0.2, 0) is 0 Å². The van der Waals surface area contributed by atoms with Gasteiger partial charge >= 0.3 is 0 Å². The molecule has 4 heteroatoms. The molecule has 0 saturated carbocycles. The highest BCUT2D eigenvalue weighted by atomic mass is 35.5. The molecule has 0 fully saturated rings. The van der Waals surface area contributed by atoms with Crippen molar-refractivity contribution in [1.29, 1.82) is 0 Å². The number of hydrogen-bond donors (Lipinski definition) is 0. The van der Waals surface area contributed by atoms with E-state index in [0.717, 1.165) is 5.69 Å². The summed E-state index contributed by atoms with van der Waals surface area (Å²) in [6.07, 6.45) is 3.71. The SMILES string of the molecule is CCC(=O)c1ccccc1-n1cc(Cl)cn1. The molecule has 1 heterocycles. The van der Waals surface area contributed by atoms with E-state index in [0.29, 0.717) is 17.0 Å². The van der Waals surface area contributed by atoms with Crippen molar-refractivity contribution < 1.29 is 4.79 Å². The van der Waals surface area contributed by atoms with Crippen molar-refractivity contribution in [3.8, 4) is 5.69 Å². The first-order chi connectivity index (χ1) is 7.72. The van der Waals surface area contributed by atoms with Crippen LogP contribution in [0.15, 0.2) is 36.7 Å². The van der Waals surface area contributed by atoms with Gasteiger partial charge in [-0.1, -0.05) is 30.7 Å². The Morgan fingerprint density at radius 2 is 2.19 bits per heavy atom. The van der Waals surface area contributed by atoms with Crippen molar-refractivity contribution in [3.63, 3.8) is 0 Å². The Hall–Kier alpha value is -1.61. The largest absolute Gasteiger partial charge is 0.294 e. The van der Waals surface area contributed by atoms with Crippen LogP contribution in [0.25, 0.3) is 5.69 Å². The van der Waals surface area contributed by atoms with E-state index in [-0.39, 0.29) is 5.78 Å². The van der Waals surface area contributed by atoms with E-state index in [1.54, 1.807) is 23.1 Å². The quantitative estimate of drug-likeness (QED) is 0.765. The second-order valence-electron chi connectivity index (χ2n) is 3.40. The van der Waals surface area contributed by atoms with E-state index in [1.807, 2.05) is 25.1 Å². The molecule has 0 aliphatic heterocycles. The van der Waals surface area contributed by atoms with Crippen molar-refractivity contribution in [2.45, 2.75) is 13.3 Å². The number of nitrogens with zero attached hydrogens (tertiary/aromatic N) is 2. The fraction of sp³-hybridized carbons (Fsp3) is 0.167. The normalized spacial score (nSPS) is 10.4. The lowest BCUT2D eigenvalue weighted by Gasteiger charge is -2.06. The summed E-state index contributed by atoms with van der Waals surface area (Å²) in [5.74, 6) is 0.0993. The number of halogens is 1. The monoisotopic (exact) mass is 234 g/mol. The molecule has 0 atom stereocenters. The van der Waals surface area contributed by atoms with Crippen LogP contribution in [0, 0.1) is 0 Å². The topological polar surface area (TPSA) is 34.9 Å². The van der Waals surface area contributed by atoms with Crippen LogP contribution >= 0.6 is 11.6 Å². The molecule has 16 heavy (non-hydrogen) atoms. The maximum absolute atomic E-state index is 11.7. The molecule has 0 saturated heterocycles. The van der Waals surface area contributed by atoms with Gasteiger partial charge in [-0.05, 0) is 12.1 Å². The first-order valence-corrected chi connectivity index (χ1v) is 5.43. The number of para-hydroxylation sites is 1. The Bertz CT molecular complexity index is 519. The average Bonchev–Trinajstić information content (AvgIpc) is 2.75. The second kappa shape index (κ2) is 4.49. The standard InChI is InChI=1S/C12H11ClN2O/c1-2-12(16)10-5-3-4-6-11(10)15-8-9(13)7-14-15/h3-8H,2H2,1H3. The zero-order valence-electron chi connectivity index (χ0n) is 8.85. The summed E-state index contributed by atoms with van der Waals surface area (Å²) >= 11 is 5.81. The molecule has 0 aliphatic rings. The number of aromatic nitrogens is 2. The lowest BCUT2D eigenvalue weighted by atomic mass is 10.1. The molecular weight excluding hydrogens is 224 g/mol. The van der Waals surface area contributed by atoms with E-state index >= 15 is 0 Å². The fourth-order valence-corrected chi connectivity index (χ4v) is 1.67. The van der Waals surface area contributed by atoms with Crippen LogP contribution in [0.5, 0.6) is 0 Å². The maximum Gasteiger partial charge on any atom is 0.164 e. The van der Waals surface area contributed by atoms with E-state index in [4.69, 9.17) is 11.6 Å². The van der Waals surface area contributed by atoms with Crippen LogP contribution in [-0.4, -0.2) is 15.6 Å². The van der Waals surface area contributed by atoms with Gasteiger partial charge in [0.05, 0.1) is 16.9 Å². The lowest BCUT2D eigenvalue weighted by molar-refractivity contribution is 0.0988. The van der Waals surface area contributed by atoms with Gasteiger partial charge in [0.25, 0.3) is 0 Å². The van der Waals surface area contributed by atoms with Gasteiger partial charge in [-0.15, -0.1) is 0 Å². The Kier molecular flexibility index (Phi) is 3.06. The molecule has 0 unspecified atom stereocenters. The first-order valence-electron chi connectivity index (χ1n) is 5.05. The van der Waals surface area contributed by atoms with Crippen molar-refractivity contribution in [1.82, 2.24) is 9.78 Å². The molecule has 0 N–H and O–H groups in total. The van der Waals surface area contributed by atoms with Crippen LogP contribution in [0.2, 0.25) is 5.02 Å². The van der Waals surface area contributed by atoms with Gasteiger partial charge in [0.2, 0.25) is 0 Å². The third-order valence-corrected chi connectivity index (χ3v) is 2.52. The predicted octanol–water partition coefficient (Wildman–Crippen LogP) is 3.12. The zero-order valence-corrected chi connectivity index (χ0v) is 9.61. The minimum Gasteiger partial charge on any atom is -0.294 e. The summed E-state index contributed by atoms with van der Waals surface area (Å²) in [6, 6.07) is 7.37. The lowest BCUT2D eigenvalue weighted by Crippen LogP contribution is -2.05. The Morgan fingerprint density at radius 1 is 1.44 bits per heavy atom. The predicted molar refractivity (Wildman–Crippen MR) is 63.2 cm³/mol. The molecule has 2 rings (SSSR count). The molecule has 0 bridgehead atoms. The molecule has 2 aromatic rings. The number of carbonyl (C=O) groups excluding carboxylic acids is 1. The number of carbonyl (C=O) groups is 1. The van der Waals surface area contributed by atoms with Gasteiger partial charge in [-0.2, -0.15) is 5.10 Å². The molecule has 0 aliphatic carbocycles. The summed E-state index contributed by atoms with van der Waals surface area (Å²) in [5.41, 5.74) is 1.44. The van der Waals surface area contributed by atoms with Gasteiger partial charge in [-0.25, -0.2) is 4.68 Å². The number of benzene rings is 1. The van der Waals surface area contributed by atoms with E-state index < -0.39 is 0 Å². The van der Waals surface area contributed by atoms with Gasteiger partial charge < -0.3 is 0 Å². The molecule has 0 radical (unpaired) electrons. The highest BCUT2D eigenvalue weighted by molar-refractivity contribution is 6.30. The Morgan fingerprint density at radius 3 is 2.81 bits per heavy atom. The Labute approximate surface area is 98.7 Å². The highest BCUT2D eigenvalue weighted by Gasteiger charge is 2.10. The number of rotatable bonds is 3. The minimum atomic E-state index is 0.0993. The molecule has 1 aromatic carbocycles. The van der Waals surface area contributed by atoms with Crippen molar-refractivity contribution in [2.75, 3.05) is 0 Å². The average molecular weight is 235 g/mol. The van der Waals surface area contributed by atoms with Gasteiger partial charge in [-0.3, -0.25) is 4.79 Å². The van der Waals surface area contributed by atoms with Gasteiger partial charge in [0.1, 0.15) is 0 Å². The third-order valence-electron chi connectivity index (χ3n) is 2.32. The Balaban J connectivity index is 2.52. The summed E-state index contributed by atoms with van der Waals surface area (Å²) in [7, 11) is 0. The summed E-state index contributed by atoms with van der Waals surface area (Å²) < 4.78 is 1.62. The summed E-state index contributed by atoms with van der Waals surface area (Å²) in [4.78, 5) is 11.7.